The van der Waals surface area contributed by atoms with Crippen molar-refractivity contribution in [3.05, 3.63) is 47.6 Å². The summed E-state index contributed by atoms with van der Waals surface area (Å²) in [5.41, 5.74) is 1.41. The Hall–Kier alpha value is -1.64. The van der Waals surface area contributed by atoms with E-state index in [0.29, 0.717) is 18.1 Å². The van der Waals surface area contributed by atoms with E-state index in [1.165, 1.54) is 70.6 Å². The van der Waals surface area contributed by atoms with Gasteiger partial charge in [-0.05, 0) is 137 Å². The van der Waals surface area contributed by atoms with E-state index in [4.69, 9.17) is 4.74 Å². The van der Waals surface area contributed by atoms with E-state index in [1.807, 2.05) is 0 Å². The highest BCUT2D eigenvalue weighted by atomic mass is 19.2. The molecule has 0 amide bonds. The van der Waals surface area contributed by atoms with E-state index in [-0.39, 0.29) is 5.75 Å². The van der Waals surface area contributed by atoms with E-state index >= 15 is 0 Å². The Kier molecular flexibility index (Phi) is 11.8. The summed E-state index contributed by atoms with van der Waals surface area (Å²) in [5, 5.41) is 0. The van der Waals surface area contributed by atoms with E-state index in [0.717, 1.165) is 67.8 Å². The molecular weight excluding hydrogens is 474 g/mol. The topological polar surface area (TPSA) is 9.23 Å². The molecule has 0 heterocycles. The zero-order valence-electron chi connectivity index (χ0n) is 24.2. The van der Waals surface area contributed by atoms with Crippen molar-refractivity contribution >= 4 is 5.57 Å². The highest BCUT2D eigenvalue weighted by Gasteiger charge is 2.34. The van der Waals surface area contributed by atoms with Gasteiger partial charge in [-0.15, -0.1) is 0 Å². The molecule has 1 atom stereocenters. The minimum atomic E-state index is -0.831. The van der Waals surface area contributed by atoms with Crippen LogP contribution < -0.4 is 4.74 Å². The average Bonchev–Trinajstić information content (AvgIpc) is 2.96. The third-order valence-electron chi connectivity index (χ3n) is 9.98. The number of ether oxygens (including phenoxy) is 1. The second-order valence-electron chi connectivity index (χ2n) is 12.5. The Morgan fingerprint density at radius 1 is 0.763 bits per heavy atom. The van der Waals surface area contributed by atoms with Crippen LogP contribution in [0.5, 0.6) is 5.75 Å². The largest absolute Gasteiger partial charge is 0.490 e. The van der Waals surface area contributed by atoms with Crippen LogP contribution in [0.2, 0.25) is 0 Å². The second kappa shape index (κ2) is 15.2. The minimum Gasteiger partial charge on any atom is -0.490 e. The number of unbranched alkanes of at least 4 members (excludes halogenated alkanes) is 3. The molecule has 1 aromatic carbocycles. The standard InChI is InChI=1S/C35H52F2O/c1-3-5-7-8-10-26-11-13-27(14-12-26)28-15-17-29(18-16-28)30-19-21-31(22-20-30)32-23-24-33(35(37)34(32)36)38-25-9-6-4-2/h7-8,21,23-24,26-30H,3-6,9-20,22,25H2,1-2H3. The second-order valence-corrected chi connectivity index (χ2v) is 12.5. The molecule has 3 aliphatic carbocycles. The number of halogens is 2. The molecule has 0 saturated heterocycles. The first-order chi connectivity index (χ1) is 18.6. The van der Waals surface area contributed by atoms with Crippen molar-refractivity contribution in [1.29, 1.82) is 0 Å². The summed E-state index contributed by atoms with van der Waals surface area (Å²) in [6, 6.07) is 3.34. The smallest absolute Gasteiger partial charge is 0.201 e. The van der Waals surface area contributed by atoms with Gasteiger partial charge in [-0.1, -0.05) is 51.3 Å². The molecule has 212 valence electrons. The fourth-order valence-corrected chi connectivity index (χ4v) is 7.51. The Labute approximate surface area is 231 Å². The maximum Gasteiger partial charge on any atom is 0.201 e. The van der Waals surface area contributed by atoms with Crippen LogP contribution in [-0.2, 0) is 0 Å². The average molecular weight is 527 g/mol. The lowest BCUT2D eigenvalue weighted by Crippen LogP contribution is -2.28. The van der Waals surface area contributed by atoms with Gasteiger partial charge in [0.05, 0.1) is 6.61 Å². The molecule has 1 nitrogen and oxygen atoms in total. The van der Waals surface area contributed by atoms with Gasteiger partial charge in [-0.3, -0.25) is 0 Å². The maximum absolute atomic E-state index is 14.9. The summed E-state index contributed by atoms with van der Waals surface area (Å²) < 4.78 is 35.1. The number of benzene rings is 1. The lowest BCUT2D eigenvalue weighted by molar-refractivity contribution is 0.123. The third-order valence-corrected chi connectivity index (χ3v) is 9.98. The first kappa shape index (κ1) is 29.3. The molecular formula is C35H52F2O. The summed E-state index contributed by atoms with van der Waals surface area (Å²) >= 11 is 0. The van der Waals surface area contributed by atoms with Crippen molar-refractivity contribution in [2.45, 2.75) is 123 Å². The molecule has 0 aromatic heterocycles. The molecule has 0 spiro atoms. The van der Waals surface area contributed by atoms with Crippen LogP contribution in [0.25, 0.3) is 5.57 Å². The van der Waals surface area contributed by atoms with Gasteiger partial charge in [0, 0.05) is 5.56 Å². The molecule has 2 fully saturated rings. The van der Waals surface area contributed by atoms with Gasteiger partial charge in [0.2, 0.25) is 5.82 Å². The van der Waals surface area contributed by atoms with Gasteiger partial charge in [-0.25, -0.2) is 4.39 Å². The minimum absolute atomic E-state index is 0.0469. The van der Waals surface area contributed by atoms with Crippen LogP contribution in [0.4, 0.5) is 8.78 Å². The Balaban J connectivity index is 1.21. The van der Waals surface area contributed by atoms with Gasteiger partial charge in [0.15, 0.2) is 11.6 Å². The molecule has 0 radical (unpaired) electrons. The van der Waals surface area contributed by atoms with Crippen LogP contribution in [0, 0.1) is 41.2 Å². The Morgan fingerprint density at radius 3 is 2.08 bits per heavy atom. The van der Waals surface area contributed by atoms with E-state index in [2.05, 4.69) is 32.1 Å². The summed E-state index contributed by atoms with van der Waals surface area (Å²) in [6.07, 6.45) is 28.1. The highest BCUT2D eigenvalue weighted by Crippen LogP contribution is 2.46. The zero-order chi connectivity index (χ0) is 26.7. The molecule has 0 bridgehead atoms. The molecule has 0 aliphatic heterocycles. The molecule has 1 unspecified atom stereocenters. The number of hydrogen-bond donors (Lipinski definition) is 0. The van der Waals surface area contributed by atoms with Crippen LogP contribution in [0.3, 0.4) is 0 Å². The summed E-state index contributed by atoms with van der Waals surface area (Å²) in [4.78, 5) is 0. The van der Waals surface area contributed by atoms with Gasteiger partial charge < -0.3 is 4.74 Å². The fraction of sp³-hybridized carbons (Fsp3) is 0.714. The lowest BCUT2D eigenvalue weighted by Gasteiger charge is -2.40. The fourth-order valence-electron chi connectivity index (χ4n) is 7.51. The molecule has 3 aliphatic rings. The van der Waals surface area contributed by atoms with Gasteiger partial charge in [0.25, 0.3) is 0 Å². The molecule has 3 heteroatoms. The SMILES string of the molecule is CCCC=CCC1CCC(C2CCC(C3CC=C(c4ccc(OCCCCC)c(F)c4F)CC3)CC2)CC1. The number of hydrogen-bond acceptors (Lipinski definition) is 1. The Morgan fingerprint density at radius 2 is 1.45 bits per heavy atom. The molecule has 2 saturated carbocycles. The molecule has 0 N–H and O–H groups in total. The molecule has 1 aromatic rings. The number of allylic oxidation sites excluding steroid dienone is 4. The van der Waals surface area contributed by atoms with Crippen molar-refractivity contribution in [3.8, 4) is 5.75 Å². The van der Waals surface area contributed by atoms with Gasteiger partial charge in [-0.2, -0.15) is 4.39 Å². The van der Waals surface area contributed by atoms with Crippen LogP contribution in [-0.4, -0.2) is 6.61 Å². The van der Waals surface area contributed by atoms with Crippen molar-refractivity contribution < 1.29 is 13.5 Å². The van der Waals surface area contributed by atoms with E-state index < -0.39 is 11.6 Å². The normalized spacial score (nSPS) is 28.4. The third kappa shape index (κ3) is 7.95. The highest BCUT2D eigenvalue weighted by molar-refractivity contribution is 5.67. The summed E-state index contributed by atoms with van der Waals surface area (Å²) in [7, 11) is 0. The van der Waals surface area contributed by atoms with Crippen molar-refractivity contribution in [2.24, 2.45) is 29.6 Å². The molecule has 4 rings (SSSR count). The molecule has 38 heavy (non-hydrogen) atoms. The zero-order valence-corrected chi connectivity index (χ0v) is 24.2. The lowest BCUT2D eigenvalue weighted by atomic mass is 9.65. The number of rotatable bonds is 12. The van der Waals surface area contributed by atoms with Crippen molar-refractivity contribution in [1.82, 2.24) is 0 Å². The Bertz CT molecular complexity index is 903. The first-order valence-corrected chi connectivity index (χ1v) is 16.1. The quantitative estimate of drug-likeness (QED) is 0.194. The maximum atomic E-state index is 14.9. The predicted molar refractivity (Wildman–Crippen MR) is 156 cm³/mol. The van der Waals surface area contributed by atoms with Crippen LogP contribution in [0.1, 0.15) is 129 Å². The van der Waals surface area contributed by atoms with Crippen LogP contribution >= 0.6 is 0 Å². The van der Waals surface area contributed by atoms with Gasteiger partial charge in [0.1, 0.15) is 0 Å². The van der Waals surface area contributed by atoms with Crippen molar-refractivity contribution in [2.75, 3.05) is 6.61 Å². The van der Waals surface area contributed by atoms with E-state index in [1.54, 1.807) is 12.1 Å². The summed E-state index contributed by atoms with van der Waals surface area (Å²) in [5.74, 6) is 2.82. The predicted octanol–water partition coefficient (Wildman–Crippen LogP) is 11.1. The summed E-state index contributed by atoms with van der Waals surface area (Å²) in [6.45, 7) is 4.80. The van der Waals surface area contributed by atoms with Gasteiger partial charge >= 0.3 is 0 Å². The van der Waals surface area contributed by atoms with Crippen molar-refractivity contribution in [3.63, 3.8) is 0 Å². The van der Waals surface area contributed by atoms with Crippen LogP contribution in [0.15, 0.2) is 30.4 Å². The monoisotopic (exact) mass is 526 g/mol. The first-order valence-electron chi connectivity index (χ1n) is 16.1. The van der Waals surface area contributed by atoms with E-state index in [9.17, 15) is 8.78 Å².